The number of hydrogen-bond acceptors (Lipinski definition) is 5. The highest BCUT2D eigenvalue weighted by atomic mass is 32.2. The molecule has 0 fully saturated rings. The van der Waals surface area contributed by atoms with Crippen LogP contribution >= 0.6 is 11.3 Å². The lowest BCUT2D eigenvalue weighted by atomic mass is 9.80. The number of nitrogens with zero attached hydrogens (tertiary/aromatic N) is 2. The Bertz CT molecular complexity index is 1020. The highest BCUT2D eigenvalue weighted by molar-refractivity contribution is 7.90. The van der Waals surface area contributed by atoms with Gasteiger partial charge in [0.25, 0.3) is 10.0 Å². The van der Waals surface area contributed by atoms with Crippen molar-refractivity contribution < 1.29 is 13.4 Å². The van der Waals surface area contributed by atoms with E-state index in [-0.39, 0.29) is 4.90 Å². The standard InChI is InChI=1S/C15H11BN2O3S2/c19-16-15-12(8-9-22-15)10-17-18(16)23(20,21)14-7-3-5-11-4-1-2-6-13(11)14/h1-10,19H. The van der Waals surface area contributed by atoms with Crippen molar-refractivity contribution in [3.8, 4) is 0 Å². The number of fused-ring (bicyclic) bond motifs is 2. The summed E-state index contributed by atoms with van der Waals surface area (Å²) in [7, 11) is -5.27. The van der Waals surface area contributed by atoms with Gasteiger partial charge >= 0.3 is 7.05 Å². The quantitative estimate of drug-likeness (QED) is 0.720. The fourth-order valence-electron chi connectivity index (χ4n) is 2.64. The van der Waals surface area contributed by atoms with Crippen molar-refractivity contribution in [1.82, 2.24) is 4.33 Å². The van der Waals surface area contributed by atoms with Crippen LogP contribution in [0.2, 0.25) is 0 Å². The van der Waals surface area contributed by atoms with Gasteiger partial charge in [0.1, 0.15) is 0 Å². The van der Waals surface area contributed by atoms with E-state index in [1.54, 1.807) is 29.6 Å². The van der Waals surface area contributed by atoms with Gasteiger partial charge in [-0.15, -0.1) is 0 Å². The first-order valence-corrected chi connectivity index (χ1v) is 9.22. The van der Waals surface area contributed by atoms with Gasteiger partial charge in [0, 0.05) is 15.7 Å². The third-order valence-corrected chi connectivity index (χ3v) is 6.43. The van der Waals surface area contributed by atoms with Gasteiger partial charge in [0.15, 0.2) is 0 Å². The molecule has 4 rings (SSSR count). The van der Waals surface area contributed by atoms with Crippen molar-refractivity contribution in [2.45, 2.75) is 4.90 Å². The molecule has 0 amide bonds. The van der Waals surface area contributed by atoms with E-state index in [0.29, 0.717) is 10.2 Å². The molecule has 23 heavy (non-hydrogen) atoms. The molecule has 1 aliphatic rings. The molecule has 0 saturated carbocycles. The molecule has 5 nitrogen and oxygen atoms in total. The first kappa shape index (κ1) is 14.4. The lowest BCUT2D eigenvalue weighted by Gasteiger charge is -2.24. The average molecular weight is 342 g/mol. The molecule has 2 aromatic carbocycles. The third-order valence-electron chi connectivity index (χ3n) is 3.76. The molecular weight excluding hydrogens is 331 g/mol. The molecule has 0 bridgehead atoms. The van der Waals surface area contributed by atoms with Crippen LogP contribution in [-0.2, 0) is 10.0 Å². The third kappa shape index (κ3) is 2.18. The Morgan fingerprint density at radius 3 is 2.74 bits per heavy atom. The molecule has 1 aliphatic heterocycles. The van der Waals surface area contributed by atoms with Gasteiger partial charge in [0.05, 0.1) is 11.1 Å². The van der Waals surface area contributed by atoms with Gasteiger partial charge < -0.3 is 5.02 Å². The molecule has 0 unspecified atom stereocenters. The Labute approximate surface area is 137 Å². The van der Waals surface area contributed by atoms with E-state index in [9.17, 15) is 13.4 Å². The second-order valence-electron chi connectivity index (χ2n) is 5.11. The van der Waals surface area contributed by atoms with Crippen LogP contribution < -0.4 is 4.78 Å². The second kappa shape index (κ2) is 5.19. The van der Waals surface area contributed by atoms with Crippen LogP contribution in [0, 0.1) is 0 Å². The Kier molecular flexibility index (Phi) is 3.26. The molecule has 0 radical (unpaired) electrons. The van der Waals surface area contributed by atoms with Crippen molar-refractivity contribution in [2.24, 2.45) is 5.10 Å². The van der Waals surface area contributed by atoms with E-state index in [2.05, 4.69) is 5.10 Å². The summed E-state index contributed by atoms with van der Waals surface area (Å²) in [6.45, 7) is 0. The first-order valence-electron chi connectivity index (χ1n) is 6.91. The van der Waals surface area contributed by atoms with Crippen molar-refractivity contribution in [3.63, 3.8) is 0 Å². The topological polar surface area (TPSA) is 70.0 Å². The summed E-state index contributed by atoms with van der Waals surface area (Å²) < 4.78 is 27.3. The summed E-state index contributed by atoms with van der Waals surface area (Å²) >= 11 is 1.30. The molecule has 0 saturated heterocycles. The predicted molar refractivity (Wildman–Crippen MR) is 92.5 cm³/mol. The number of hydrogen-bond donors (Lipinski definition) is 1. The van der Waals surface area contributed by atoms with Crippen molar-refractivity contribution in [3.05, 3.63) is 59.5 Å². The van der Waals surface area contributed by atoms with E-state index in [0.717, 1.165) is 15.3 Å². The van der Waals surface area contributed by atoms with E-state index in [1.807, 2.05) is 18.2 Å². The fourth-order valence-corrected chi connectivity index (χ4v) is 5.01. The van der Waals surface area contributed by atoms with Crippen LogP contribution in [0.1, 0.15) is 5.56 Å². The molecule has 0 aliphatic carbocycles. The largest absolute Gasteiger partial charge is 0.494 e. The van der Waals surface area contributed by atoms with E-state index >= 15 is 0 Å². The number of benzene rings is 2. The molecule has 3 aromatic rings. The van der Waals surface area contributed by atoms with E-state index < -0.39 is 17.1 Å². The van der Waals surface area contributed by atoms with Gasteiger partial charge in [-0.3, -0.25) is 0 Å². The van der Waals surface area contributed by atoms with Crippen LogP contribution in [-0.4, -0.2) is 31.0 Å². The Hall–Kier alpha value is -2.16. The predicted octanol–water partition coefficient (Wildman–Crippen LogP) is 1.63. The maximum atomic E-state index is 13.0. The van der Waals surface area contributed by atoms with Crippen molar-refractivity contribution >= 4 is 50.2 Å². The average Bonchev–Trinajstić information content (AvgIpc) is 3.04. The van der Waals surface area contributed by atoms with Gasteiger partial charge in [-0.05, 0) is 22.9 Å². The monoisotopic (exact) mass is 342 g/mol. The van der Waals surface area contributed by atoms with Gasteiger partial charge in [-0.25, -0.2) is 8.42 Å². The summed E-state index contributed by atoms with van der Waals surface area (Å²) in [5.74, 6) is 0. The second-order valence-corrected chi connectivity index (χ2v) is 7.83. The summed E-state index contributed by atoms with van der Waals surface area (Å²) in [6.07, 6.45) is 1.46. The zero-order chi connectivity index (χ0) is 16.0. The number of sulfonamides is 1. The highest BCUT2D eigenvalue weighted by Crippen LogP contribution is 2.27. The summed E-state index contributed by atoms with van der Waals surface area (Å²) in [5.41, 5.74) is 0.742. The lowest BCUT2D eigenvalue weighted by molar-refractivity contribution is 0.477. The van der Waals surface area contributed by atoms with Crippen LogP contribution in [0.3, 0.4) is 0 Å². The fraction of sp³-hybridized carbons (Fsp3) is 0. The number of rotatable bonds is 2. The molecule has 1 N–H and O–H groups in total. The zero-order valence-electron chi connectivity index (χ0n) is 11.8. The summed E-state index contributed by atoms with van der Waals surface area (Å²) in [5, 5.41) is 17.6. The minimum absolute atomic E-state index is 0.131. The Morgan fingerprint density at radius 1 is 1.09 bits per heavy atom. The molecule has 8 heteroatoms. The molecule has 114 valence electrons. The maximum Gasteiger partial charge on any atom is 0.494 e. The molecule has 0 atom stereocenters. The Morgan fingerprint density at radius 2 is 1.87 bits per heavy atom. The lowest BCUT2D eigenvalue weighted by Crippen LogP contribution is -2.50. The molecule has 2 heterocycles. The smallest absolute Gasteiger partial charge is 0.426 e. The van der Waals surface area contributed by atoms with Crippen LogP contribution in [0.4, 0.5) is 0 Å². The minimum atomic E-state index is -3.97. The van der Waals surface area contributed by atoms with Crippen LogP contribution in [0.15, 0.2) is 63.9 Å². The van der Waals surface area contributed by atoms with Gasteiger partial charge in [-0.2, -0.15) is 20.8 Å². The minimum Gasteiger partial charge on any atom is -0.426 e. The van der Waals surface area contributed by atoms with E-state index in [4.69, 9.17) is 0 Å². The molecule has 1 aromatic heterocycles. The zero-order valence-corrected chi connectivity index (χ0v) is 13.5. The van der Waals surface area contributed by atoms with Crippen molar-refractivity contribution in [2.75, 3.05) is 0 Å². The number of hydrazone groups is 1. The Balaban J connectivity index is 1.88. The van der Waals surface area contributed by atoms with Gasteiger partial charge in [-0.1, -0.05) is 36.4 Å². The van der Waals surface area contributed by atoms with E-state index in [1.165, 1.54) is 23.6 Å². The van der Waals surface area contributed by atoms with Crippen molar-refractivity contribution in [1.29, 1.82) is 0 Å². The number of thiophene rings is 1. The first-order chi connectivity index (χ1) is 11.1. The highest BCUT2D eigenvalue weighted by Gasteiger charge is 2.39. The normalized spacial score (nSPS) is 14.3. The summed E-state index contributed by atoms with van der Waals surface area (Å²) in [6, 6.07) is 14.1. The SMILES string of the molecule is O=S(=O)(c1cccc2ccccc12)N1N=Cc2ccsc2B1O. The van der Waals surface area contributed by atoms with Crippen LogP contribution in [0.25, 0.3) is 10.8 Å². The summed E-state index contributed by atoms with van der Waals surface area (Å²) in [4.78, 5) is 0.131. The van der Waals surface area contributed by atoms with Crippen LogP contribution in [0.5, 0.6) is 0 Å². The molecular formula is C15H11BN2O3S2. The maximum absolute atomic E-state index is 13.0. The molecule has 0 spiro atoms. The van der Waals surface area contributed by atoms with Gasteiger partial charge in [0.2, 0.25) is 0 Å².